The number of rotatable bonds is 9. The molecule has 2 aromatic carbocycles. The second-order valence-electron chi connectivity index (χ2n) is 7.83. The van der Waals surface area contributed by atoms with E-state index in [4.69, 9.17) is 9.72 Å². The number of benzene rings is 2. The van der Waals surface area contributed by atoms with Crippen LogP contribution in [0, 0.1) is 6.92 Å². The topological polar surface area (TPSA) is 90.5 Å². The zero-order valence-corrected chi connectivity index (χ0v) is 18.8. The van der Waals surface area contributed by atoms with Gasteiger partial charge in [0.1, 0.15) is 0 Å². The first-order chi connectivity index (χ1) is 16.1. The summed E-state index contributed by atoms with van der Waals surface area (Å²) in [5.74, 6) is 0.708. The summed E-state index contributed by atoms with van der Waals surface area (Å²) in [4.78, 5) is 30.6. The van der Waals surface area contributed by atoms with Crippen LogP contribution < -0.4 is 10.9 Å². The van der Waals surface area contributed by atoms with Crippen molar-refractivity contribution in [1.29, 1.82) is 0 Å². The van der Waals surface area contributed by atoms with E-state index >= 15 is 0 Å². The zero-order chi connectivity index (χ0) is 23.2. The standard InChI is InChI=1S/C25H27N5O3/c1-18-21(16-22(31)26-14-9-15-33-2)24(32)30-25(29(18)17-19-10-5-3-6-11-19)27-23(28-30)20-12-7-4-8-13-20/h3-8,10-13H,9,14-17H2,1-2H3,(H,26,31). The van der Waals surface area contributed by atoms with E-state index in [0.29, 0.717) is 49.0 Å². The minimum Gasteiger partial charge on any atom is -0.385 e. The van der Waals surface area contributed by atoms with Gasteiger partial charge in [-0.05, 0) is 18.9 Å². The monoisotopic (exact) mass is 445 g/mol. The number of hydrogen-bond donors (Lipinski definition) is 1. The summed E-state index contributed by atoms with van der Waals surface area (Å²) in [5.41, 5.74) is 2.67. The molecule has 8 heteroatoms. The Labute approximate surface area is 191 Å². The molecule has 0 aliphatic heterocycles. The van der Waals surface area contributed by atoms with E-state index in [1.807, 2.05) is 72.2 Å². The number of fused-ring (bicyclic) bond motifs is 1. The number of amides is 1. The van der Waals surface area contributed by atoms with Crippen LogP contribution in [0.4, 0.5) is 0 Å². The van der Waals surface area contributed by atoms with E-state index in [1.54, 1.807) is 7.11 Å². The molecule has 2 aromatic heterocycles. The van der Waals surface area contributed by atoms with Gasteiger partial charge in [0.25, 0.3) is 5.56 Å². The first kappa shape index (κ1) is 22.4. The number of carbonyl (C=O) groups excluding carboxylic acids is 1. The highest BCUT2D eigenvalue weighted by Gasteiger charge is 2.20. The Morgan fingerprint density at radius 2 is 1.76 bits per heavy atom. The van der Waals surface area contributed by atoms with Crippen LogP contribution in [-0.4, -0.2) is 45.3 Å². The Balaban J connectivity index is 1.77. The normalized spacial score (nSPS) is 11.1. The van der Waals surface area contributed by atoms with Crippen LogP contribution >= 0.6 is 0 Å². The number of methoxy groups -OCH3 is 1. The van der Waals surface area contributed by atoms with E-state index in [-0.39, 0.29) is 17.9 Å². The van der Waals surface area contributed by atoms with Crippen molar-refractivity contribution in [2.24, 2.45) is 0 Å². The SMILES string of the molecule is COCCCNC(=O)Cc1c(C)n(Cc2ccccc2)c2nc(-c3ccccc3)nn2c1=O. The molecule has 1 N–H and O–H groups in total. The lowest BCUT2D eigenvalue weighted by atomic mass is 10.1. The third-order valence-corrected chi connectivity index (χ3v) is 5.52. The third-order valence-electron chi connectivity index (χ3n) is 5.52. The summed E-state index contributed by atoms with van der Waals surface area (Å²) in [6.07, 6.45) is 0.685. The summed E-state index contributed by atoms with van der Waals surface area (Å²) in [6, 6.07) is 19.5. The van der Waals surface area contributed by atoms with Crippen LogP contribution in [0.1, 0.15) is 23.2 Å². The lowest BCUT2D eigenvalue weighted by molar-refractivity contribution is -0.120. The zero-order valence-electron chi connectivity index (χ0n) is 18.8. The van der Waals surface area contributed by atoms with Gasteiger partial charge in [0.2, 0.25) is 11.7 Å². The molecule has 0 radical (unpaired) electrons. The van der Waals surface area contributed by atoms with Crippen molar-refractivity contribution < 1.29 is 9.53 Å². The molecule has 170 valence electrons. The van der Waals surface area contributed by atoms with Gasteiger partial charge in [0.05, 0.1) is 13.0 Å². The summed E-state index contributed by atoms with van der Waals surface area (Å²) >= 11 is 0. The molecule has 0 saturated carbocycles. The molecule has 0 aliphatic carbocycles. The Morgan fingerprint density at radius 3 is 2.45 bits per heavy atom. The van der Waals surface area contributed by atoms with Crippen molar-refractivity contribution in [3.05, 3.63) is 87.8 Å². The van der Waals surface area contributed by atoms with Gasteiger partial charge in [-0.15, -0.1) is 5.10 Å². The minimum atomic E-state index is -0.325. The number of aromatic nitrogens is 4. The fourth-order valence-electron chi connectivity index (χ4n) is 3.75. The molecule has 1 amide bonds. The van der Waals surface area contributed by atoms with Crippen LogP contribution in [0.3, 0.4) is 0 Å². The van der Waals surface area contributed by atoms with Gasteiger partial charge in [-0.1, -0.05) is 60.7 Å². The van der Waals surface area contributed by atoms with Crippen LogP contribution in [0.25, 0.3) is 17.2 Å². The molecule has 8 nitrogen and oxygen atoms in total. The van der Waals surface area contributed by atoms with Gasteiger partial charge in [-0.25, -0.2) is 0 Å². The molecule has 0 bridgehead atoms. The largest absolute Gasteiger partial charge is 0.385 e. The quantitative estimate of drug-likeness (QED) is 0.400. The van der Waals surface area contributed by atoms with E-state index in [1.165, 1.54) is 4.52 Å². The highest BCUT2D eigenvalue weighted by Crippen LogP contribution is 2.18. The van der Waals surface area contributed by atoms with Crippen LogP contribution in [0.5, 0.6) is 0 Å². The first-order valence-corrected chi connectivity index (χ1v) is 10.9. The molecule has 4 aromatic rings. The predicted octanol–water partition coefficient (Wildman–Crippen LogP) is 2.61. The average molecular weight is 446 g/mol. The first-order valence-electron chi connectivity index (χ1n) is 10.9. The van der Waals surface area contributed by atoms with Crippen molar-refractivity contribution in [2.75, 3.05) is 20.3 Å². The molecular formula is C25H27N5O3. The van der Waals surface area contributed by atoms with Gasteiger partial charge in [0, 0.05) is 37.1 Å². The van der Waals surface area contributed by atoms with Crippen LogP contribution in [0.15, 0.2) is 65.5 Å². The molecule has 0 atom stereocenters. The number of hydrogen-bond acceptors (Lipinski definition) is 5. The molecule has 0 saturated heterocycles. The fraction of sp³-hybridized carbons (Fsp3) is 0.280. The summed E-state index contributed by atoms with van der Waals surface area (Å²) < 4.78 is 8.28. The second-order valence-corrected chi connectivity index (χ2v) is 7.83. The maximum atomic E-state index is 13.4. The number of carbonyl (C=O) groups is 1. The van der Waals surface area contributed by atoms with Crippen molar-refractivity contribution in [3.8, 4) is 11.4 Å². The molecule has 0 unspecified atom stereocenters. The number of nitrogens with zero attached hydrogens (tertiary/aromatic N) is 4. The van der Waals surface area contributed by atoms with Crippen LogP contribution in [0.2, 0.25) is 0 Å². The lowest BCUT2D eigenvalue weighted by Gasteiger charge is -2.15. The Bertz CT molecular complexity index is 1300. The predicted molar refractivity (Wildman–Crippen MR) is 126 cm³/mol. The molecular weight excluding hydrogens is 418 g/mol. The van der Waals surface area contributed by atoms with Crippen molar-refractivity contribution in [1.82, 2.24) is 24.5 Å². The number of nitrogens with one attached hydrogen (secondary N) is 1. The molecule has 4 rings (SSSR count). The van der Waals surface area contributed by atoms with Gasteiger partial charge in [-0.2, -0.15) is 9.50 Å². The maximum Gasteiger partial charge on any atom is 0.279 e. The van der Waals surface area contributed by atoms with Crippen molar-refractivity contribution in [3.63, 3.8) is 0 Å². The second kappa shape index (κ2) is 10.2. The molecule has 0 aliphatic rings. The summed E-state index contributed by atoms with van der Waals surface area (Å²) in [7, 11) is 1.62. The Hall–Kier alpha value is -3.78. The maximum absolute atomic E-state index is 13.4. The van der Waals surface area contributed by atoms with Crippen LogP contribution in [-0.2, 0) is 22.5 Å². The Morgan fingerprint density at radius 1 is 1.06 bits per heavy atom. The molecule has 33 heavy (non-hydrogen) atoms. The summed E-state index contributed by atoms with van der Waals surface area (Å²) in [5, 5.41) is 7.36. The van der Waals surface area contributed by atoms with Crippen molar-refractivity contribution in [2.45, 2.75) is 26.3 Å². The average Bonchev–Trinajstić information content (AvgIpc) is 3.29. The fourth-order valence-corrected chi connectivity index (χ4v) is 3.75. The highest BCUT2D eigenvalue weighted by atomic mass is 16.5. The van der Waals surface area contributed by atoms with E-state index in [2.05, 4.69) is 10.4 Å². The lowest BCUT2D eigenvalue weighted by Crippen LogP contribution is -2.33. The molecule has 2 heterocycles. The Kier molecular flexibility index (Phi) is 6.95. The van der Waals surface area contributed by atoms with Crippen molar-refractivity contribution >= 4 is 11.7 Å². The molecule has 0 spiro atoms. The van der Waals surface area contributed by atoms with Gasteiger partial charge >= 0.3 is 0 Å². The highest BCUT2D eigenvalue weighted by molar-refractivity contribution is 5.78. The van der Waals surface area contributed by atoms with E-state index in [9.17, 15) is 9.59 Å². The smallest absolute Gasteiger partial charge is 0.279 e. The third kappa shape index (κ3) is 5.01. The number of ether oxygens (including phenoxy) is 1. The van der Waals surface area contributed by atoms with Gasteiger partial charge < -0.3 is 14.6 Å². The molecule has 0 fully saturated rings. The van der Waals surface area contributed by atoms with E-state index in [0.717, 1.165) is 11.1 Å². The summed E-state index contributed by atoms with van der Waals surface area (Å²) in [6.45, 7) is 3.42. The van der Waals surface area contributed by atoms with Gasteiger partial charge in [0.15, 0.2) is 5.82 Å². The van der Waals surface area contributed by atoms with Gasteiger partial charge in [-0.3, -0.25) is 9.59 Å². The minimum absolute atomic E-state index is 0.0249. The van der Waals surface area contributed by atoms with E-state index < -0.39 is 0 Å².